The molecule has 0 amide bonds. The van der Waals surface area contributed by atoms with Gasteiger partial charge in [-0.1, -0.05) is 121 Å². The maximum absolute atomic E-state index is 4.86. The highest BCUT2D eigenvalue weighted by Gasteiger charge is 2.43. The Balaban J connectivity index is 1.07. The number of pyridine rings is 1. The van der Waals surface area contributed by atoms with Crippen LogP contribution in [-0.2, 0) is 0 Å². The topological polar surface area (TPSA) is 22.8 Å². The Morgan fingerprint density at radius 1 is 0.509 bits per heavy atom. The van der Waals surface area contributed by atoms with Crippen LogP contribution in [0.15, 0.2) is 170 Å². The first-order valence-corrected chi connectivity index (χ1v) is 18.6. The maximum atomic E-state index is 4.86. The van der Waals surface area contributed by atoms with Crippen LogP contribution in [0, 0.1) is 5.92 Å². The summed E-state index contributed by atoms with van der Waals surface area (Å²) in [4.78, 5) is 4.86. The first-order chi connectivity index (χ1) is 26.3. The smallest absolute Gasteiger partial charge is 0.0786 e. The molecule has 2 unspecified atom stereocenters. The van der Waals surface area contributed by atoms with E-state index in [0.29, 0.717) is 11.8 Å². The molecule has 0 N–H and O–H groups in total. The normalized spacial score (nSPS) is 16.2. The molecule has 1 saturated carbocycles. The van der Waals surface area contributed by atoms with E-state index in [4.69, 9.17) is 4.98 Å². The molecule has 3 aromatic heterocycles. The molecule has 0 spiro atoms. The summed E-state index contributed by atoms with van der Waals surface area (Å²) in [5.41, 5.74) is 14.8. The number of para-hydroxylation sites is 2. The Morgan fingerprint density at radius 2 is 1.25 bits per heavy atom. The molecule has 0 bridgehead atoms. The van der Waals surface area contributed by atoms with E-state index in [-0.39, 0.29) is 0 Å². The molecule has 3 heterocycles. The van der Waals surface area contributed by atoms with Crippen molar-refractivity contribution in [2.45, 2.75) is 12.3 Å². The second-order valence-corrected chi connectivity index (χ2v) is 14.7. The van der Waals surface area contributed by atoms with Crippen LogP contribution >= 0.6 is 0 Å². The molecular weight excluding hydrogens is 643 g/mol. The van der Waals surface area contributed by atoms with Crippen molar-refractivity contribution in [2.75, 3.05) is 0 Å². The van der Waals surface area contributed by atoms with E-state index in [0.717, 1.165) is 10.9 Å². The monoisotopic (exact) mass is 675 g/mol. The summed E-state index contributed by atoms with van der Waals surface area (Å²) in [6.45, 7) is 0. The number of aromatic nitrogens is 3. The molecular formula is C50H33N3. The fraction of sp³-hybridized carbons (Fsp3) is 0.0600. The predicted molar refractivity (Wildman–Crippen MR) is 221 cm³/mol. The molecule has 2 aliphatic rings. The number of hydrogen-bond acceptors (Lipinski definition) is 1. The average molecular weight is 676 g/mol. The van der Waals surface area contributed by atoms with E-state index in [1.807, 2.05) is 12.3 Å². The highest BCUT2D eigenvalue weighted by Crippen LogP contribution is 2.55. The fourth-order valence-electron chi connectivity index (χ4n) is 9.27. The van der Waals surface area contributed by atoms with Crippen molar-refractivity contribution in [3.8, 4) is 33.6 Å². The summed E-state index contributed by atoms with van der Waals surface area (Å²) >= 11 is 0. The number of benzene rings is 7. The van der Waals surface area contributed by atoms with E-state index < -0.39 is 0 Å². The molecule has 1 fully saturated rings. The first kappa shape index (κ1) is 28.9. The zero-order valence-electron chi connectivity index (χ0n) is 28.9. The van der Waals surface area contributed by atoms with Gasteiger partial charge in [0.2, 0.25) is 0 Å². The van der Waals surface area contributed by atoms with Gasteiger partial charge in [0.05, 0.1) is 22.1 Å². The number of hydrogen-bond donors (Lipinski definition) is 0. The summed E-state index contributed by atoms with van der Waals surface area (Å²) in [5, 5.41) is 7.44. The van der Waals surface area contributed by atoms with Crippen molar-refractivity contribution < 1.29 is 0 Å². The Labute approximate surface area is 306 Å². The van der Waals surface area contributed by atoms with Gasteiger partial charge in [-0.15, -0.1) is 0 Å². The van der Waals surface area contributed by atoms with Gasteiger partial charge in [0, 0.05) is 61.7 Å². The van der Waals surface area contributed by atoms with Crippen LogP contribution in [0.3, 0.4) is 0 Å². The van der Waals surface area contributed by atoms with E-state index in [1.165, 1.54) is 94.8 Å². The van der Waals surface area contributed by atoms with Gasteiger partial charge in [-0.25, -0.2) is 0 Å². The van der Waals surface area contributed by atoms with Crippen LogP contribution in [-0.4, -0.2) is 14.1 Å². The van der Waals surface area contributed by atoms with Gasteiger partial charge in [0.1, 0.15) is 0 Å². The molecule has 7 aromatic carbocycles. The second-order valence-electron chi connectivity index (χ2n) is 14.7. The van der Waals surface area contributed by atoms with E-state index >= 15 is 0 Å². The maximum Gasteiger partial charge on any atom is 0.0786 e. The lowest BCUT2D eigenvalue weighted by atomic mass is 9.95. The van der Waals surface area contributed by atoms with Crippen molar-refractivity contribution in [3.05, 3.63) is 181 Å². The van der Waals surface area contributed by atoms with E-state index in [1.54, 1.807) is 0 Å². The van der Waals surface area contributed by atoms with E-state index in [9.17, 15) is 0 Å². The van der Waals surface area contributed by atoms with E-state index in [2.05, 4.69) is 173 Å². The summed E-state index contributed by atoms with van der Waals surface area (Å²) < 4.78 is 4.98. The molecule has 3 nitrogen and oxygen atoms in total. The van der Waals surface area contributed by atoms with Gasteiger partial charge in [0.25, 0.3) is 0 Å². The minimum Gasteiger partial charge on any atom is -0.313 e. The molecule has 0 radical (unpaired) electrons. The molecule has 10 aromatic rings. The van der Waals surface area contributed by atoms with Gasteiger partial charge < -0.3 is 9.13 Å². The molecule has 0 saturated heterocycles. The number of allylic oxidation sites excluding steroid dienone is 1. The highest BCUT2D eigenvalue weighted by molar-refractivity contribution is 6.13. The van der Waals surface area contributed by atoms with Crippen molar-refractivity contribution in [1.82, 2.24) is 14.1 Å². The van der Waals surface area contributed by atoms with Crippen LogP contribution in [0.4, 0.5) is 0 Å². The van der Waals surface area contributed by atoms with Crippen LogP contribution in [0.1, 0.15) is 23.6 Å². The zero-order chi connectivity index (χ0) is 34.6. The van der Waals surface area contributed by atoms with Gasteiger partial charge in [0.15, 0.2) is 0 Å². The van der Waals surface area contributed by atoms with Gasteiger partial charge in [-0.05, 0) is 88.5 Å². The second kappa shape index (κ2) is 10.9. The molecule has 12 rings (SSSR count). The minimum atomic E-state index is 0.554. The molecule has 248 valence electrons. The third kappa shape index (κ3) is 4.25. The van der Waals surface area contributed by atoms with Crippen LogP contribution in [0.25, 0.3) is 94.1 Å². The predicted octanol–water partition coefficient (Wildman–Crippen LogP) is 12.9. The Kier molecular flexibility index (Phi) is 5.95. The lowest BCUT2D eigenvalue weighted by Crippen LogP contribution is -2.02. The third-order valence-electron chi connectivity index (χ3n) is 11.8. The summed E-state index contributed by atoms with van der Waals surface area (Å²) in [6, 6.07) is 57.9. The molecule has 53 heavy (non-hydrogen) atoms. The van der Waals surface area contributed by atoms with Crippen LogP contribution in [0.2, 0.25) is 0 Å². The minimum absolute atomic E-state index is 0.554. The van der Waals surface area contributed by atoms with Crippen LogP contribution in [0.5, 0.6) is 0 Å². The largest absolute Gasteiger partial charge is 0.313 e. The number of nitrogens with zero attached hydrogens (tertiary/aromatic N) is 3. The van der Waals surface area contributed by atoms with Crippen molar-refractivity contribution in [2.24, 2.45) is 5.92 Å². The van der Waals surface area contributed by atoms with Crippen molar-refractivity contribution in [3.63, 3.8) is 0 Å². The number of rotatable bonds is 4. The molecule has 3 heteroatoms. The fourth-order valence-corrected chi connectivity index (χ4v) is 9.27. The van der Waals surface area contributed by atoms with Gasteiger partial charge in [-0.3, -0.25) is 4.98 Å². The lowest BCUT2D eigenvalue weighted by molar-refractivity contribution is 0.896. The van der Waals surface area contributed by atoms with Gasteiger partial charge >= 0.3 is 0 Å². The highest BCUT2D eigenvalue weighted by atomic mass is 15.0. The zero-order valence-corrected chi connectivity index (χ0v) is 28.9. The Hall–Kier alpha value is -6.71. The SMILES string of the molecule is C1=CC2CC2c2c1c1ccc(-c3ccc4c5ccccc5n(-c5ccccc5)c4c3)cc1n2-c1cccc(-c2cccc3ccc4cccnc4c23)c1. The average Bonchev–Trinajstić information content (AvgIpc) is 3.85. The molecule has 0 aliphatic heterocycles. The van der Waals surface area contributed by atoms with Crippen molar-refractivity contribution in [1.29, 1.82) is 0 Å². The summed E-state index contributed by atoms with van der Waals surface area (Å²) in [7, 11) is 0. The van der Waals surface area contributed by atoms with Gasteiger partial charge in [-0.2, -0.15) is 0 Å². The first-order valence-electron chi connectivity index (χ1n) is 18.6. The van der Waals surface area contributed by atoms with Crippen molar-refractivity contribution >= 4 is 60.5 Å². The Morgan fingerprint density at radius 3 is 2.15 bits per heavy atom. The van der Waals surface area contributed by atoms with Crippen LogP contribution < -0.4 is 0 Å². The molecule has 2 atom stereocenters. The Bertz CT molecular complexity index is 3160. The standard InChI is InChI=1S/C50H33N3/c1-2-12-37(13-3-1)52-45-17-5-4-15-40(45)41-23-20-33(29-46(41)52)34-21-24-42-43-25-22-36-28-44(36)50(43)53(47(42)30-34)38-14-6-10-35(27-38)39-16-7-9-31-18-19-32-11-8-26-51-49(32)48(31)39/h1-27,29-30,36,44H,28H2. The number of fused-ring (bicyclic) bond motifs is 11. The third-order valence-corrected chi connectivity index (χ3v) is 11.8. The summed E-state index contributed by atoms with van der Waals surface area (Å²) in [5.74, 6) is 1.18. The molecule has 2 aliphatic carbocycles. The lowest BCUT2D eigenvalue weighted by Gasteiger charge is -2.16. The summed E-state index contributed by atoms with van der Waals surface area (Å²) in [6.07, 6.45) is 7.95. The quantitative estimate of drug-likeness (QED) is 0.170.